The number of guanidine groups is 1. The lowest BCUT2D eigenvalue weighted by molar-refractivity contribution is -0.176. The van der Waals surface area contributed by atoms with Crippen molar-refractivity contribution in [1.82, 2.24) is 10.6 Å². The highest BCUT2D eigenvalue weighted by atomic mass is 16.5. The Kier molecular flexibility index (Phi) is 4.88. The molecule has 0 bridgehead atoms. The van der Waals surface area contributed by atoms with Gasteiger partial charge < -0.3 is 15.4 Å². The fourth-order valence-corrected chi connectivity index (χ4v) is 2.44. The van der Waals surface area contributed by atoms with Gasteiger partial charge in [0.15, 0.2) is 5.96 Å². The average molecular weight is 269 g/mol. The van der Waals surface area contributed by atoms with Crippen molar-refractivity contribution in [3.63, 3.8) is 0 Å². The van der Waals surface area contributed by atoms with Crippen LogP contribution in [0.15, 0.2) is 4.99 Å². The summed E-state index contributed by atoms with van der Waals surface area (Å²) >= 11 is 0. The lowest BCUT2D eigenvalue weighted by Gasteiger charge is -2.59. The Balaban J connectivity index is 2.61. The molecule has 1 aliphatic carbocycles. The van der Waals surface area contributed by atoms with Gasteiger partial charge in [-0.05, 0) is 26.2 Å². The van der Waals surface area contributed by atoms with E-state index in [0.29, 0.717) is 18.0 Å². The van der Waals surface area contributed by atoms with Crippen LogP contribution in [0.4, 0.5) is 0 Å². The molecule has 1 fully saturated rings. The zero-order valence-corrected chi connectivity index (χ0v) is 13.8. The first kappa shape index (κ1) is 16.3. The van der Waals surface area contributed by atoms with Gasteiger partial charge in [-0.1, -0.05) is 27.7 Å². The number of rotatable bonds is 4. The molecule has 0 aromatic heterocycles. The number of nitrogens with zero attached hydrogens (tertiary/aromatic N) is 1. The number of hydrogen-bond acceptors (Lipinski definition) is 2. The standard InChI is InChI=1S/C15H31N3O/c1-10(2)11(3)17-13(16-7)18-12-9-15(6,19-8)14(12,4)5/h10-12H,9H2,1-8H3,(H2,16,17,18). The number of aliphatic imine (C=N–C) groups is 1. The van der Waals surface area contributed by atoms with Crippen LogP contribution in [0.1, 0.15) is 48.0 Å². The van der Waals surface area contributed by atoms with E-state index in [-0.39, 0.29) is 11.0 Å². The average Bonchev–Trinajstić information content (AvgIpc) is 2.36. The summed E-state index contributed by atoms with van der Waals surface area (Å²) in [4.78, 5) is 4.32. The fraction of sp³-hybridized carbons (Fsp3) is 0.933. The smallest absolute Gasteiger partial charge is 0.191 e. The molecule has 4 heteroatoms. The van der Waals surface area contributed by atoms with Crippen molar-refractivity contribution in [3.8, 4) is 0 Å². The summed E-state index contributed by atoms with van der Waals surface area (Å²) in [6.07, 6.45) is 1.01. The predicted molar refractivity (Wildman–Crippen MR) is 81.5 cm³/mol. The Morgan fingerprint density at radius 3 is 2.21 bits per heavy atom. The third-order valence-corrected chi connectivity index (χ3v) is 5.18. The van der Waals surface area contributed by atoms with Crippen LogP contribution in [0, 0.1) is 11.3 Å². The predicted octanol–water partition coefficient (Wildman–Crippen LogP) is 2.40. The minimum Gasteiger partial charge on any atom is -0.378 e. The molecule has 4 nitrogen and oxygen atoms in total. The lowest BCUT2D eigenvalue weighted by atomic mass is 9.56. The SMILES string of the molecule is CN=C(NC(C)C(C)C)NC1CC(C)(OC)C1(C)C. The van der Waals surface area contributed by atoms with Gasteiger partial charge in [-0.25, -0.2) is 0 Å². The quantitative estimate of drug-likeness (QED) is 0.608. The largest absolute Gasteiger partial charge is 0.378 e. The van der Waals surface area contributed by atoms with E-state index in [1.54, 1.807) is 7.11 Å². The Morgan fingerprint density at radius 1 is 1.26 bits per heavy atom. The number of nitrogens with one attached hydrogen (secondary N) is 2. The summed E-state index contributed by atoms with van der Waals surface area (Å²) in [5.74, 6) is 1.47. The molecule has 0 aromatic carbocycles. The van der Waals surface area contributed by atoms with Gasteiger partial charge >= 0.3 is 0 Å². The minimum atomic E-state index is -0.0484. The van der Waals surface area contributed by atoms with Gasteiger partial charge in [-0.15, -0.1) is 0 Å². The van der Waals surface area contributed by atoms with Crippen LogP contribution in [0.2, 0.25) is 0 Å². The second-order valence-electron chi connectivity index (χ2n) is 6.81. The van der Waals surface area contributed by atoms with Gasteiger partial charge in [-0.3, -0.25) is 4.99 Å². The number of methoxy groups -OCH3 is 1. The normalized spacial score (nSPS) is 31.8. The molecule has 1 rings (SSSR count). The topological polar surface area (TPSA) is 45.7 Å². The zero-order valence-electron chi connectivity index (χ0n) is 13.8. The Bertz CT molecular complexity index is 338. The van der Waals surface area contributed by atoms with Crippen molar-refractivity contribution >= 4 is 5.96 Å². The van der Waals surface area contributed by atoms with E-state index in [2.05, 4.69) is 57.2 Å². The Morgan fingerprint density at radius 2 is 1.84 bits per heavy atom. The molecule has 0 aliphatic heterocycles. The van der Waals surface area contributed by atoms with Gasteiger partial charge in [-0.2, -0.15) is 0 Å². The number of ether oxygens (including phenoxy) is 1. The minimum absolute atomic E-state index is 0.0484. The molecule has 0 heterocycles. The number of hydrogen-bond donors (Lipinski definition) is 2. The molecule has 3 atom stereocenters. The second-order valence-corrected chi connectivity index (χ2v) is 6.81. The van der Waals surface area contributed by atoms with E-state index in [1.807, 2.05) is 7.05 Å². The summed E-state index contributed by atoms with van der Waals surface area (Å²) in [7, 11) is 3.62. The van der Waals surface area contributed by atoms with E-state index in [4.69, 9.17) is 4.74 Å². The molecule has 0 aromatic rings. The van der Waals surface area contributed by atoms with Crippen LogP contribution in [0.25, 0.3) is 0 Å². The van der Waals surface area contributed by atoms with Crippen molar-refractivity contribution in [2.75, 3.05) is 14.2 Å². The van der Waals surface area contributed by atoms with Crippen molar-refractivity contribution in [1.29, 1.82) is 0 Å². The molecule has 3 unspecified atom stereocenters. The summed E-state index contributed by atoms with van der Waals surface area (Å²) in [5, 5.41) is 6.97. The highest BCUT2D eigenvalue weighted by Crippen LogP contribution is 2.51. The van der Waals surface area contributed by atoms with Gasteiger partial charge in [0.05, 0.1) is 5.60 Å². The molecular formula is C15H31N3O. The molecular weight excluding hydrogens is 238 g/mol. The summed E-state index contributed by atoms with van der Waals surface area (Å²) in [6.45, 7) is 13.3. The maximum Gasteiger partial charge on any atom is 0.191 e. The summed E-state index contributed by atoms with van der Waals surface area (Å²) < 4.78 is 5.65. The monoisotopic (exact) mass is 269 g/mol. The Labute approximate surface area is 118 Å². The third kappa shape index (κ3) is 3.04. The maximum atomic E-state index is 5.65. The van der Waals surface area contributed by atoms with Crippen molar-refractivity contribution < 1.29 is 4.74 Å². The van der Waals surface area contributed by atoms with Crippen LogP contribution in [-0.4, -0.2) is 37.8 Å². The lowest BCUT2D eigenvalue weighted by Crippen LogP contribution is -2.69. The van der Waals surface area contributed by atoms with Crippen LogP contribution in [0.3, 0.4) is 0 Å². The molecule has 0 amide bonds. The highest BCUT2D eigenvalue weighted by Gasteiger charge is 2.58. The molecule has 1 saturated carbocycles. The highest BCUT2D eigenvalue weighted by molar-refractivity contribution is 5.80. The molecule has 0 radical (unpaired) electrons. The fourth-order valence-electron chi connectivity index (χ4n) is 2.44. The van der Waals surface area contributed by atoms with E-state index >= 15 is 0 Å². The molecule has 112 valence electrons. The first-order valence-corrected chi connectivity index (χ1v) is 7.23. The third-order valence-electron chi connectivity index (χ3n) is 5.18. The van der Waals surface area contributed by atoms with E-state index < -0.39 is 0 Å². The van der Waals surface area contributed by atoms with E-state index in [1.165, 1.54) is 0 Å². The molecule has 0 saturated heterocycles. The molecule has 19 heavy (non-hydrogen) atoms. The van der Waals surface area contributed by atoms with Crippen molar-refractivity contribution in [3.05, 3.63) is 0 Å². The Hall–Kier alpha value is -0.770. The summed E-state index contributed by atoms with van der Waals surface area (Å²) in [5.41, 5.74) is 0.0492. The van der Waals surface area contributed by atoms with Gasteiger partial charge in [0, 0.05) is 31.7 Å². The molecule has 2 N–H and O–H groups in total. The maximum absolute atomic E-state index is 5.65. The zero-order chi connectivity index (χ0) is 14.8. The first-order valence-electron chi connectivity index (χ1n) is 7.23. The first-order chi connectivity index (χ1) is 8.67. The molecule has 0 spiro atoms. The second kappa shape index (κ2) is 5.70. The van der Waals surface area contributed by atoms with E-state index in [9.17, 15) is 0 Å². The van der Waals surface area contributed by atoms with Crippen molar-refractivity contribution in [2.45, 2.75) is 65.6 Å². The van der Waals surface area contributed by atoms with Crippen LogP contribution < -0.4 is 10.6 Å². The van der Waals surface area contributed by atoms with Gasteiger partial charge in [0.1, 0.15) is 0 Å². The van der Waals surface area contributed by atoms with E-state index in [0.717, 1.165) is 12.4 Å². The van der Waals surface area contributed by atoms with Gasteiger partial charge in [0.25, 0.3) is 0 Å². The van der Waals surface area contributed by atoms with Crippen molar-refractivity contribution in [2.24, 2.45) is 16.3 Å². The van der Waals surface area contributed by atoms with Gasteiger partial charge in [0.2, 0.25) is 0 Å². The van der Waals surface area contributed by atoms with Crippen LogP contribution in [0.5, 0.6) is 0 Å². The summed E-state index contributed by atoms with van der Waals surface area (Å²) in [6, 6.07) is 0.797. The molecule has 1 aliphatic rings. The van der Waals surface area contributed by atoms with Crippen LogP contribution >= 0.6 is 0 Å². The van der Waals surface area contributed by atoms with Crippen LogP contribution in [-0.2, 0) is 4.74 Å².